The number of benzene rings is 2. The van der Waals surface area contributed by atoms with Crippen molar-refractivity contribution in [1.82, 2.24) is 0 Å². The molecular weight excluding hydrogens is 365 g/mol. The van der Waals surface area contributed by atoms with Gasteiger partial charge < -0.3 is 0 Å². The molecular formula is C18H13Cl2NO2S. The van der Waals surface area contributed by atoms with E-state index in [1.54, 1.807) is 12.1 Å². The molecule has 2 aromatic carbocycles. The monoisotopic (exact) mass is 377 g/mol. The van der Waals surface area contributed by atoms with Gasteiger partial charge in [-0.3, -0.25) is 9.59 Å². The number of rotatable bonds is 4. The van der Waals surface area contributed by atoms with E-state index in [1.807, 2.05) is 37.3 Å². The molecule has 0 spiro atoms. The number of carbonyl (C=O) groups excluding carboxylic acids is 2. The molecule has 122 valence electrons. The van der Waals surface area contributed by atoms with Crippen LogP contribution >= 0.6 is 35.0 Å². The summed E-state index contributed by atoms with van der Waals surface area (Å²) in [4.78, 5) is 27.4. The highest BCUT2D eigenvalue weighted by Crippen LogP contribution is 2.39. The van der Waals surface area contributed by atoms with Crippen molar-refractivity contribution >= 4 is 58.0 Å². The van der Waals surface area contributed by atoms with Gasteiger partial charge in [-0.1, -0.05) is 60.5 Å². The normalized spacial score (nSPS) is 14.7. The van der Waals surface area contributed by atoms with E-state index >= 15 is 0 Å². The van der Waals surface area contributed by atoms with Crippen LogP contribution in [0.15, 0.2) is 53.4 Å². The number of amides is 2. The van der Waals surface area contributed by atoms with Crippen LogP contribution in [0.25, 0.3) is 5.57 Å². The Bertz CT molecular complexity index is 849. The molecule has 0 radical (unpaired) electrons. The third-order valence-electron chi connectivity index (χ3n) is 3.55. The zero-order chi connectivity index (χ0) is 17.3. The van der Waals surface area contributed by atoms with E-state index in [-0.39, 0.29) is 11.8 Å². The van der Waals surface area contributed by atoms with Gasteiger partial charge in [0.15, 0.2) is 0 Å². The highest BCUT2D eigenvalue weighted by Gasteiger charge is 2.40. The molecule has 3 nitrogen and oxygen atoms in total. The lowest BCUT2D eigenvalue weighted by Crippen LogP contribution is -2.31. The molecule has 2 amide bonds. The lowest BCUT2D eigenvalue weighted by Gasteiger charge is -2.15. The maximum Gasteiger partial charge on any atom is 0.272 e. The van der Waals surface area contributed by atoms with Crippen LogP contribution in [0.2, 0.25) is 10.0 Å². The number of anilines is 1. The standard InChI is InChI=1S/C18H13Cl2NO2S/c1-2-24-16-15(11-6-4-3-5-7-11)17(22)21(18(16)23)12-8-9-13(19)14(20)10-12/h3-10H,2H2,1H3. The van der Waals surface area contributed by atoms with Crippen LogP contribution in [0.1, 0.15) is 12.5 Å². The molecule has 0 N–H and O–H groups in total. The predicted octanol–water partition coefficient (Wildman–Crippen LogP) is 5.03. The van der Waals surface area contributed by atoms with Crippen LogP contribution in [0.3, 0.4) is 0 Å². The summed E-state index contributed by atoms with van der Waals surface area (Å²) in [5.41, 5.74) is 1.58. The van der Waals surface area contributed by atoms with E-state index in [2.05, 4.69) is 0 Å². The van der Waals surface area contributed by atoms with Crippen LogP contribution < -0.4 is 4.90 Å². The number of imide groups is 1. The molecule has 6 heteroatoms. The van der Waals surface area contributed by atoms with Crippen LogP contribution in [0.4, 0.5) is 5.69 Å². The van der Waals surface area contributed by atoms with E-state index in [4.69, 9.17) is 23.2 Å². The molecule has 1 aliphatic rings. The fraction of sp³-hybridized carbons (Fsp3) is 0.111. The van der Waals surface area contributed by atoms with Crippen LogP contribution in [-0.4, -0.2) is 17.6 Å². The lowest BCUT2D eigenvalue weighted by atomic mass is 10.1. The summed E-state index contributed by atoms with van der Waals surface area (Å²) in [6.07, 6.45) is 0. The van der Waals surface area contributed by atoms with Gasteiger partial charge in [-0.25, -0.2) is 4.90 Å². The maximum atomic E-state index is 13.0. The van der Waals surface area contributed by atoms with Gasteiger partial charge >= 0.3 is 0 Å². The number of hydrogen-bond donors (Lipinski definition) is 0. The number of halogens is 2. The summed E-state index contributed by atoms with van der Waals surface area (Å²) in [6.45, 7) is 1.94. The minimum atomic E-state index is -0.347. The van der Waals surface area contributed by atoms with Gasteiger partial charge in [-0.2, -0.15) is 0 Å². The molecule has 2 aromatic rings. The van der Waals surface area contributed by atoms with Crippen LogP contribution in [0, 0.1) is 0 Å². The van der Waals surface area contributed by atoms with Crippen molar-refractivity contribution in [2.75, 3.05) is 10.7 Å². The van der Waals surface area contributed by atoms with Crippen molar-refractivity contribution in [3.63, 3.8) is 0 Å². The summed E-state index contributed by atoms with van der Waals surface area (Å²) >= 11 is 13.3. The van der Waals surface area contributed by atoms with E-state index in [9.17, 15) is 9.59 Å². The SMILES string of the molecule is CCSC1=C(c2ccccc2)C(=O)N(c2ccc(Cl)c(Cl)c2)C1=O. The van der Waals surface area contributed by atoms with Crippen molar-refractivity contribution in [2.45, 2.75) is 6.92 Å². The largest absolute Gasteiger partial charge is 0.272 e. The van der Waals surface area contributed by atoms with Gasteiger partial charge in [-0.05, 0) is 29.5 Å². The Morgan fingerprint density at radius 3 is 2.29 bits per heavy atom. The van der Waals surface area contributed by atoms with E-state index in [1.165, 1.54) is 17.8 Å². The Hall–Kier alpha value is -1.75. The molecule has 0 bridgehead atoms. The van der Waals surface area contributed by atoms with Crippen LogP contribution in [-0.2, 0) is 9.59 Å². The molecule has 3 rings (SSSR count). The molecule has 1 heterocycles. The molecule has 0 aliphatic carbocycles. The first kappa shape index (κ1) is 17.1. The summed E-state index contributed by atoms with van der Waals surface area (Å²) in [7, 11) is 0. The zero-order valence-corrected chi connectivity index (χ0v) is 15.1. The summed E-state index contributed by atoms with van der Waals surface area (Å²) in [6, 6.07) is 13.9. The zero-order valence-electron chi connectivity index (χ0n) is 12.8. The minimum Gasteiger partial charge on any atom is -0.268 e. The Morgan fingerprint density at radius 1 is 0.958 bits per heavy atom. The molecule has 0 saturated carbocycles. The van der Waals surface area contributed by atoms with Gasteiger partial charge in [0.25, 0.3) is 11.8 Å². The fourth-order valence-electron chi connectivity index (χ4n) is 2.51. The molecule has 0 unspecified atom stereocenters. The Labute approximate surface area is 154 Å². The van der Waals surface area contributed by atoms with Crippen molar-refractivity contribution in [2.24, 2.45) is 0 Å². The molecule has 0 fully saturated rings. The third kappa shape index (κ3) is 2.97. The Balaban J connectivity index is 2.09. The van der Waals surface area contributed by atoms with Gasteiger partial charge in [0.2, 0.25) is 0 Å². The fourth-order valence-corrected chi connectivity index (χ4v) is 3.65. The van der Waals surface area contributed by atoms with E-state index < -0.39 is 0 Å². The first-order chi connectivity index (χ1) is 11.5. The first-order valence-corrected chi connectivity index (χ1v) is 9.05. The number of nitrogens with zero attached hydrogens (tertiary/aromatic N) is 1. The van der Waals surface area contributed by atoms with Gasteiger partial charge in [0, 0.05) is 0 Å². The first-order valence-electron chi connectivity index (χ1n) is 7.31. The second-order valence-electron chi connectivity index (χ2n) is 5.05. The van der Waals surface area contributed by atoms with Crippen molar-refractivity contribution in [3.05, 3.63) is 69.0 Å². The Kier molecular flexibility index (Phi) is 4.99. The topological polar surface area (TPSA) is 37.4 Å². The number of thioether (sulfide) groups is 1. The lowest BCUT2D eigenvalue weighted by molar-refractivity contribution is -0.119. The van der Waals surface area contributed by atoms with Gasteiger partial charge in [-0.15, -0.1) is 11.8 Å². The van der Waals surface area contributed by atoms with Crippen molar-refractivity contribution in [3.8, 4) is 0 Å². The second kappa shape index (κ2) is 7.01. The van der Waals surface area contributed by atoms with Crippen molar-refractivity contribution < 1.29 is 9.59 Å². The molecule has 24 heavy (non-hydrogen) atoms. The molecule has 1 aliphatic heterocycles. The van der Waals surface area contributed by atoms with E-state index in [0.717, 1.165) is 10.5 Å². The molecule has 0 aromatic heterocycles. The molecule has 0 atom stereocenters. The minimum absolute atomic E-state index is 0.299. The number of hydrogen-bond acceptors (Lipinski definition) is 3. The highest BCUT2D eigenvalue weighted by molar-refractivity contribution is 8.04. The van der Waals surface area contributed by atoms with E-state index in [0.29, 0.717) is 32.0 Å². The average Bonchev–Trinajstić information content (AvgIpc) is 2.82. The Morgan fingerprint density at radius 2 is 1.67 bits per heavy atom. The second-order valence-corrected chi connectivity index (χ2v) is 7.14. The third-order valence-corrected chi connectivity index (χ3v) is 5.25. The number of carbonyl (C=O) groups is 2. The summed E-state index contributed by atoms with van der Waals surface area (Å²) in [5, 5.41) is 0.673. The summed E-state index contributed by atoms with van der Waals surface area (Å²) < 4.78 is 0. The predicted molar refractivity (Wildman–Crippen MR) is 100 cm³/mol. The average molecular weight is 378 g/mol. The van der Waals surface area contributed by atoms with Crippen LogP contribution in [0.5, 0.6) is 0 Å². The molecule has 0 saturated heterocycles. The smallest absolute Gasteiger partial charge is 0.268 e. The highest BCUT2D eigenvalue weighted by atomic mass is 35.5. The summed E-state index contributed by atoms with van der Waals surface area (Å²) in [5.74, 6) is 0.0181. The maximum absolute atomic E-state index is 13.0. The van der Waals surface area contributed by atoms with Crippen molar-refractivity contribution in [1.29, 1.82) is 0 Å². The van der Waals surface area contributed by atoms with Gasteiger partial charge in [0.1, 0.15) is 0 Å². The van der Waals surface area contributed by atoms with Gasteiger partial charge in [0.05, 0.1) is 26.2 Å². The quantitative estimate of drug-likeness (QED) is 0.701.